The van der Waals surface area contributed by atoms with Gasteiger partial charge in [-0.05, 0) is 67.4 Å². The van der Waals surface area contributed by atoms with Gasteiger partial charge in [-0.15, -0.1) is 0 Å². The van der Waals surface area contributed by atoms with Crippen molar-refractivity contribution in [2.24, 2.45) is 5.92 Å². The summed E-state index contributed by atoms with van der Waals surface area (Å²) in [6, 6.07) is 17.0. The molecule has 0 saturated carbocycles. The van der Waals surface area contributed by atoms with Crippen molar-refractivity contribution in [2.45, 2.75) is 30.3 Å². The highest BCUT2D eigenvalue weighted by molar-refractivity contribution is 6.30. The predicted octanol–water partition coefficient (Wildman–Crippen LogP) is 4.78. The van der Waals surface area contributed by atoms with Crippen molar-refractivity contribution >= 4 is 29.0 Å². The molecule has 2 saturated heterocycles. The van der Waals surface area contributed by atoms with Gasteiger partial charge in [0.1, 0.15) is 17.1 Å². The molecule has 4 heterocycles. The van der Waals surface area contributed by atoms with E-state index in [1.54, 1.807) is 30.5 Å². The lowest BCUT2D eigenvalue weighted by atomic mass is 9.69. The normalized spacial score (nSPS) is 28.1. The molecule has 4 atom stereocenters. The van der Waals surface area contributed by atoms with Crippen molar-refractivity contribution in [3.05, 3.63) is 94.5 Å². The maximum Gasteiger partial charge on any atom is 0.250 e. The summed E-state index contributed by atoms with van der Waals surface area (Å²) in [6.45, 7) is 0.657. The second-order valence-electron chi connectivity index (χ2n) is 8.95. The zero-order valence-electron chi connectivity index (χ0n) is 17.7. The number of carbonyl (C=O) groups is 2. The average Bonchev–Trinajstić information content (AvgIpc) is 3.48. The Kier molecular flexibility index (Phi) is 4.64. The second-order valence-corrected chi connectivity index (χ2v) is 9.38. The van der Waals surface area contributed by atoms with Crippen LogP contribution < -0.4 is 5.32 Å². The SMILES string of the molecule is O=C(c1ccccn1)[C@H]1[C@@H](c2ccc(Cl)cc2)[C@H]2CCCN2[C@@]12C(=O)Nc1ccc(F)cc12. The quantitative estimate of drug-likeness (QED) is 0.570. The van der Waals surface area contributed by atoms with E-state index in [1.807, 2.05) is 24.3 Å². The van der Waals surface area contributed by atoms with Crippen molar-refractivity contribution < 1.29 is 14.0 Å². The number of carbonyl (C=O) groups excluding carboxylic acids is 2. The zero-order valence-corrected chi connectivity index (χ0v) is 18.4. The molecule has 5 nitrogen and oxygen atoms in total. The molecule has 3 aliphatic rings. The molecule has 1 amide bonds. The Morgan fingerprint density at radius 1 is 1.15 bits per heavy atom. The number of ketones is 1. The third-order valence-corrected chi connectivity index (χ3v) is 7.67. The molecule has 1 spiro atoms. The standard InChI is InChI=1S/C26H21ClFN3O2/c27-16-8-6-15(7-9-16)22-21-5-3-13-31(21)26(23(22)24(32)20-4-1-2-12-29-20)18-14-17(28)10-11-19(18)30-25(26)33/h1-2,4,6-12,14,21-23H,3,5,13H2,(H,30,33)/t21-,22+,23-,26-/m1/s1. The van der Waals surface area contributed by atoms with E-state index in [0.717, 1.165) is 18.4 Å². The number of pyridine rings is 1. The molecule has 0 aliphatic carbocycles. The molecule has 7 heteroatoms. The van der Waals surface area contributed by atoms with E-state index < -0.39 is 17.3 Å². The van der Waals surface area contributed by atoms with Crippen molar-refractivity contribution in [3.63, 3.8) is 0 Å². The van der Waals surface area contributed by atoms with E-state index in [2.05, 4.69) is 15.2 Å². The van der Waals surface area contributed by atoms with Gasteiger partial charge in [0.15, 0.2) is 5.78 Å². The Hall–Kier alpha value is -3.09. The number of rotatable bonds is 3. The summed E-state index contributed by atoms with van der Waals surface area (Å²) in [5.74, 6) is -1.95. The molecule has 2 aromatic carbocycles. The Labute approximate surface area is 195 Å². The van der Waals surface area contributed by atoms with Crippen LogP contribution in [0.1, 0.15) is 40.4 Å². The topological polar surface area (TPSA) is 62.3 Å². The number of halogens is 2. The van der Waals surface area contributed by atoms with Crippen molar-refractivity contribution in [1.29, 1.82) is 0 Å². The molecule has 1 N–H and O–H groups in total. The maximum absolute atomic E-state index is 14.5. The highest BCUT2D eigenvalue weighted by Crippen LogP contribution is 2.61. The number of Topliss-reactive ketones (excluding diaryl/α,β-unsaturated/α-hetero) is 1. The molecule has 6 rings (SSSR count). The maximum atomic E-state index is 14.5. The van der Waals surface area contributed by atoms with E-state index >= 15 is 0 Å². The van der Waals surface area contributed by atoms with Crippen LogP contribution >= 0.6 is 11.6 Å². The molecule has 33 heavy (non-hydrogen) atoms. The molecule has 3 aromatic rings. The smallest absolute Gasteiger partial charge is 0.250 e. The van der Waals surface area contributed by atoms with Crippen LogP contribution in [0.25, 0.3) is 0 Å². The Balaban J connectivity index is 1.63. The molecule has 0 unspecified atom stereocenters. The number of aromatic nitrogens is 1. The van der Waals surface area contributed by atoms with Gasteiger partial charge in [0.05, 0.1) is 5.92 Å². The zero-order chi connectivity index (χ0) is 22.7. The van der Waals surface area contributed by atoms with Crippen LogP contribution in [0.5, 0.6) is 0 Å². The molecular weight excluding hydrogens is 441 g/mol. The highest BCUT2D eigenvalue weighted by Gasteiger charge is 2.69. The van der Waals surface area contributed by atoms with Crippen LogP contribution in [0.4, 0.5) is 10.1 Å². The van der Waals surface area contributed by atoms with E-state index in [4.69, 9.17) is 11.6 Å². The molecule has 0 radical (unpaired) electrons. The molecule has 0 bridgehead atoms. The number of fused-ring (bicyclic) bond motifs is 4. The lowest BCUT2D eigenvalue weighted by molar-refractivity contribution is -0.127. The van der Waals surface area contributed by atoms with Gasteiger partial charge in [0.25, 0.3) is 0 Å². The largest absolute Gasteiger partial charge is 0.324 e. The number of nitrogens with one attached hydrogen (secondary N) is 1. The number of hydrogen-bond acceptors (Lipinski definition) is 4. The molecule has 3 aliphatic heterocycles. The minimum Gasteiger partial charge on any atom is -0.324 e. The van der Waals surface area contributed by atoms with Gasteiger partial charge in [-0.3, -0.25) is 19.5 Å². The minimum absolute atomic E-state index is 0.0381. The summed E-state index contributed by atoms with van der Waals surface area (Å²) in [7, 11) is 0. The first-order valence-electron chi connectivity index (χ1n) is 11.1. The van der Waals surface area contributed by atoms with E-state index in [9.17, 15) is 14.0 Å². The Morgan fingerprint density at radius 2 is 1.97 bits per heavy atom. The van der Waals surface area contributed by atoms with Crippen LogP contribution in [-0.4, -0.2) is 34.2 Å². The molecule has 166 valence electrons. The average molecular weight is 462 g/mol. The number of hydrogen-bond donors (Lipinski definition) is 1. The summed E-state index contributed by atoms with van der Waals surface area (Å²) in [5, 5.41) is 3.55. The van der Waals surface area contributed by atoms with Gasteiger partial charge in [0.2, 0.25) is 5.91 Å². The predicted molar refractivity (Wildman–Crippen MR) is 123 cm³/mol. The highest BCUT2D eigenvalue weighted by atomic mass is 35.5. The van der Waals surface area contributed by atoms with Gasteiger partial charge in [-0.2, -0.15) is 0 Å². The summed E-state index contributed by atoms with van der Waals surface area (Å²) in [4.78, 5) is 34.4. The summed E-state index contributed by atoms with van der Waals surface area (Å²) in [6.07, 6.45) is 3.33. The third kappa shape index (κ3) is 2.84. The minimum atomic E-state index is -1.29. The lowest BCUT2D eigenvalue weighted by Gasteiger charge is -2.36. The van der Waals surface area contributed by atoms with E-state index in [1.165, 1.54) is 12.1 Å². The first-order valence-corrected chi connectivity index (χ1v) is 11.5. The van der Waals surface area contributed by atoms with Crippen molar-refractivity contribution in [2.75, 3.05) is 11.9 Å². The summed E-state index contributed by atoms with van der Waals surface area (Å²) in [5.41, 5.74) is 1.05. The number of anilines is 1. The Bertz CT molecular complexity index is 1270. The van der Waals surface area contributed by atoms with Gasteiger partial charge >= 0.3 is 0 Å². The van der Waals surface area contributed by atoms with Crippen LogP contribution in [0.15, 0.2) is 66.9 Å². The van der Waals surface area contributed by atoms with Crippen LogP contribution in [0.2, 0.25) is 5.02 Å². The van der Waals surface area contributed by atoms with Gasteiger partial charge in [-0.1, -0.05) is 29.8 Å². The van der Waals surface area contributed by atoms with Crippen LogP contribution in [0.3, 0.4) is 0 Å². The van der Waals surface area contributed by atoms with Crippen molar-refractivity contribution in [1.82, 2.24) is 9.88 Å². The summed E-state index contributed by atoms with van der Waals surface area (Å²) >= 11 is 6.16. The fourth-order valence-corrected chi connectivity index (χ4v) is 6.39. The summed E-state index contributed by atoms with van der Waals surface area (Å²) < 4.78 is 14.5. The van der Waals surface area contributed by atoms with Gasteiger partial charge in [0, 0.05) is 34.4 Å². The second kappa shape index (κ2) is 7.47. The van der Waals surface area contributed by atoms with Crippen molar-refractivity contribution in [3.8, 4) is 0 Å². The molecular formula is C26H21ClFN3O2. The Morgan fingerprint density at radius 3 is 2.73 bits per heavy atom. The van der Waals surface area contributed by atoms with Gasteiger partial charge < -0.3 is 5.32 Å². The third-order valence-electron chi connectivity index (χ3n) is 7.42. The number of benzene rings is 2. The van der Waals surface area contributed by atoms with Gasteiger partial charge in [-0.25, -0.2) is 4.39 Å². The number of amides is 1. The molecule has 2 fully saturated rings. The lowest BCUT2D eigenvalue weighted by Crippen LogP contribution is -2.53. The number of nitrogens with zero attached hydrogens (tertiary/aromatic N) is 2. The first kappa shape index (κ1) is 20.5. The van der Waals surface area contributed by atoms with Crippen LogP contribution in [-0.2, 0) is 10.3 Å². The van der Waals surface area contributed by atoms with E-state index in [-0.39, 0.29) is 23.7 Å². The monoisotopic (exact) mass is 461 g/mol. The molecule has 1 aromatic heterocycles. The van der Waals surface area contributed by atoms with E-state index in [0.29, 0.717) is 28.5 Å². The fourth-order valence-electron chi connectivity index (χ4n) is 6.26. The fraction of sp³-hybridized carbons (Fsp3) is 0.269. The van der Waals surface area contributed by atoms with Crippen LogP contribution in [0, 0.1) is 11.7 Å². The first-order chi connectivity index (χ1) is 16.0.